The highest BCUT2D eigenvalue weighted by atomic mass is 16.3. The number of aliphatic hydroxyl groups excluding tert-OH is 1. The molecule has 0 bridgehead atoms. The zero-order valence-corrected chi connectivity index (χ0v) is 12.1. The van der Waals surface area contributed by atoms with Gasteiger partial charge in [-0.1, -0.05) is 27.2 Å². The third-order valence-electron chi connectivity index (χ3n) is 3.79. The lowest BCUT2D eigenvalue weighted by Gasteiger charge is -2.28. The summed E-state index contributed by atoms with van der Waals surface area (Å²) in [4.78, 5) is 15.6. The van der Waals surface area contributed by atoms with E-state index in [2.05, 4.69) is 25.7 Å². The van der Waals surface area contributed by atoms with Crippen molar-refractivity contribution < 1.29 is 9.90 Å². The zero-order valence-electron chi connectivity index (χ0n) is 12.1. The molecule has 1 fully saturated rings. The van der Waals surface area contributed by atoms with Crippen LogP contribution in [0.3, 0.4) is 0 Å². The first-order valence-corrected chi connectivity index (χ1v) is 7.25. The maximum atomic E-state index is 11.5. The first kappa shape index (κ1) is 15.4. The standard InChI is InChI=1S/C14H28N2O2/c1-4-12(3)9-15(5-2)10-13(17)11-16-8-6-7-14(16)18/h12-13,17H,4-11H2,1-3H3. The summed E-state index contributed by atoms with van der Waals surface area (Å²) < 4.78 is 0. The Bertz CT molecular complexity index is 258. The summed E-state index contributed by atoms with van der Waals surface area (Å²) in [5, 5.41) is 10.1. The first-order chi connectivity index (χ1) is 8.56. The van der Waals surface area contributed by atoms with Crippen LogP contribution in [0.4, 0.5) is 0 Å². The second kappa shape index (κ2) is 7.74. The Hall–Kier alpha value is -0.610. The van der Waals surface area contributed by atoms with Crippen molar-refractivity contribution in [3.05, 3.63) is 0 Å². The maximum absolute atomic E-state index is 11.5. The van der Waals surface area contributed by atoms with Gasteiger partial charge in [0.15, 0.2) is 0 Å². The average Bonchev–Trinajstić information content (AvgIpc) is 2.73. The Morgan fingerprint density at radius 2 is 2.11 bits per heavy atom. The number of β-amino-alcohol motifs (C(OH)–C–C–N with tert-alkyl or cyclic N) is 1. The van der Waals surface area contributed by atoms with Gasteiger partial charge in [0.1, 0.15) is 0 Å². The van der Waals surface area contributed by atoms with Crippen LogP contribution in [0.15, 0.2) is 0 Å². The molecule has 1 heterocycles. The molecule has 0 spiro atoms. The van der Waals surface area contributed by atoms with Crippen LogP contribution in [0, 0.1) is 5.92 Å². The van der Waals surface area contributed by atoms with Gasteiger partial charge in [-0.25, -0.2) is 0 Å². The lowest BCUT2D eigenvalue weighted by atomic mass is 10.1. The second-order valence-corrected chi connectivity index (χ2v) is 5.46. The molecule has 4 heteroatoms. The van der Waals surface area contributed by atoms with Crippen molar-refractivity contribution in [3.63, 3.8) is 0 Å². The predicted molar refractivity (Wildman–Crippen MR) is 73.4 cm³/mol. The molecule has 2 atom stereocenters. The molecule has 0 aromatic carbocycles. The third-order valence-corrected chi connectivity index (χ3v) is 3.79. The highest BCUT2D eigenvalue weighted by molar-refractivity contribution is 5.78. The van der Waals surface area contributed by atoms with E-state index >= 15 is 0 Å². The van der Waals surface area contributed by atoms with Crippen LogP contribution in [-0.2, 0) is 4.79 Å². The molecule has 0 saturated carbocycles. The van der Waals surface area contributed by atoms with Crippen LogP contribution in [0.2, 0.25) is 0 Å². The van der Waals surface area contributed by atoms with Crippen LogP contribution in [0.25, 0.3) is 0 Å². The Balaban J connectivity index is 2.32. The van der Waals surface area contributed by atoms with E-state index in [9.17, 15) is 9.90 Å². The van der Waals surface area contributed by atoms with Crippen molar-refractivity contribution >= 4 is 5.91 Å². The van der Waals surface area contributed by atoms with E-state index in [1.165, 1.54) is 0 Å². The number of likely N-dealkylation sites (tertiary alicyclic amines) is 1. The monoisotopic (exact) mass is 256 g/mol. The molecule has 1 amide bonds. The van der Waals surface area contributed by atoms with Gasteiger partial charge < -0.3 is 14.9 Å². The van der Waals surface area contributed by atoms with Crippen molar-refractivity contribution in [1.29, 1.82) is 0 Å². The lowest BCUT2D eigenvalue weighted by Crippen LogP contribution is -2.42. The topological polar surface area (TPSA) is 43.8 Å². The summed E-state index contributed by atoms with van der Waals surface area (Å²) in [5.74, 6) is 0.851. The summed E-state index contributed by atoms with van der Waals surface area (Å²) in [6.45, 7) is 10.5. The minimum atomic E-state index is -0.420. The van der Waals surface area contributed by atoms with Gasteiger partial charge in [-0.05, 0) is 18.9 Å². The highest BCUT2D eigenvalue weighted by Gasteiger charge is 2.23. The van der Waals surface area contributed by atoms with Gasteiger partial charge in [-0.2, -0.15) is 0 Å². The number of aliphatic hydroxyl groups is 1. The molecule has 0 aliphatic carbocycles. The van der Waals surface area contributed by atoms with Gasteiger partial charge in [0.2, 0.25) is 5.91 Å². The number of carbonyl (C=O) groups is 1. The van der Waals surface area contributed by atoms with Crippen LogP contribution < -0.4 is 0 Å². The average molecular weight is 256 g/mol. The Kier molecular flexibility index (Phi) is 6.65. The molecule has 18 heavy (non-hydrogen) atoms. The number of nitrogens with zero attached hydrogens (tertiary/aromatic N) is 2. The number of hydrogen-bond acceptors (Lipinski definition) is 3. The van der Waals surface area contributed by atoms with Gasteiger partial charge in [0, 0.05) is 32.6 Å². The Morgan fingerprint density at radius 1 is 1.39 bits per heavy atom. The van der Waals surface area contributed by atoms with E-state index < -0.39 is 6.10 Å². The molecule has 0 radical (unpaired) electrons. The fraction of sp³-hybridized carbons (Fsp3) is 0.929. The van der Waals surface area contributed by atoms with Gasteiger partial charge in [0.05, 0.1) is 6.10 Å². The Morgan fingerprint density at radius 3 is 2.61 bits per heavy atom. The van der Waals surface area contributed by atoms with Crippen molar-refractivity contribution in [1.82, 2.24) is 9.80 Å². The van der Waals surface area contributed by atoms with Crippen molar-refractivity contribution in [3.8, 4) is 0 Å². The van der Waals surface area contributed by atoms with E-state index in [1.54, 1.807) is 4.90 Å². The fourth-order valence-corrected chi connectivity index (χ4v) is 2.41. The van der Waals surface area contributed by atoms with Crippen LogP contribution in [-0.4, -0.2) is 59.6 Å². The van der Waals surface area contributed by atoms with Gasteiger partial charge in [-0.15, -0.1) is 0 Å². The van der Waals surface area contributed by atoms with E-state index in [1.807, 2.05) is 0 Å². The molecule has 0 aromatic heterocycles. The summed E-state index contributed by atoms with van der Waals surface area (Å²) in [6, 6.07) is 0. The quantitative estimate of drug-likeness (QED) is 0.712. The van der Waals surface area contributed by atoms with E-state index in [-0.39, 0.29) is 5.91 Å². The molecule has 106 valence electrons. The van der Waals surface area contributed by atoms with E-state index in [0.717, 1.165) is 32.5 Å². The first-order valence-electron chi connectivity index (χ1n) is 7.25. The molecule has 2 unspecified atom stereocenters. The molecule has 1 saturated heterocycles. The molecular formula is C14H28N2O2. The molecular weight excluding hydrogens is 228 g/mol. The largest absolute Gasteiger partial charge is 0.390 e. The lowest BCUT2D eigenvalue weighted by molar-refractivity contribution is -0.129. The normalized spacial score (nSPS) is 19.6. The third kappa shape index (κ3) is 4.94. The minimum absolute atomic E-state index is 0.194. The SMILES string of the molecule is CCC(C)CN(CC)CC(O)CN1CCCC1=O. The van der Waals surface area contributed by atoms with Crippen LogP contribution in [0.5, 0.6) is 0 Å². The molecule has 1 rings (SSSR count). The smallest absolute Gasteiger partial charge is 0.222 e. The number of carbonyl (C=O) groups excluding carboxylic acids is 1. The molecule has 1 aliphatic heterocycles. The predicted octanol–water partition coefficient (Wildman–Crippen LogP) is 1.34. The zero-order chi connectivity index (χ0) is 13.5. The number of likely N-dealkylation sites (N-methyl/N-ethyl adjacent to an activating group) is 1. The molecule has 1 aliphatic rings. The molecule has 1 N–H and O–H groups in total. The van der Waals surface area contributed by atoms with Crippen molar-refractivity contribution in [2.75, 3.05) is 32.7 Å². The highest BCUT2D eigenvalue weighted by Crippen LogP contribution is 2.11. The second-order valence-electron chi connectivity index (χ2n) is 5.46. The summed E-state index contributed by atoms with van der Waals surface area (Å²) >= 11 is 0. The fourth-order valence-electron chi connectivity index (χ4n) is 2.41. The summed E-state index contributed by atoms with van der Waals surface area (Å²) in [5.41, 5.74) is 0. The summed E-state index contributed by atoms with van der Waals surface area (Å²) in [7, 11) is 0. The van der Waals surface area contributed by atoms with Gasteiger partial charge in [0.25, 0.3) is 0 Å². The van der Waals surface area contributed by atoms with Crippen molar-refractivity contribution in [2.24, 2.45) is 5.92 Å². The van der Waals surface area contributed by atoms with Gasteiger partial charge in [-0.3, -0.25) is 4.79 Å². The van der Waals surface area contributed by atoms with E-state index in [4.69, 9.17) is 0 Å². The number of hydrogen-bond donors (Lipinski definition) is 1. The number of rotatable bonds is 8. The van der Waals surface area contributed by atoms with Gasteiger partial charge >= 0.3 is 0 Å². The van der Waals surface area contributed by atoms with Crippen LogP contribution >= 0.6 is 0 Å². The summed E-state index contributed by atoms with van der Waals surface area (Å²) in [6.07, 6.45) is 2.33. The maximum Gasteiger partial charge on any atom is 0.222 e. The minimum Gasteiger partial charge on any atom is -0.390 e. The molecule has 0 aromatic rings. The van der Waals surface area contributed by atoms with E-state index in [0.29, 0.717) is 25.4 Å². The van der Waals surface area contributed by atoms with Crippen molar-refractivity contribution in [2.45, 2.75) is 46.1 Å². The number of amides is 1. The molecule has 4 nitrogen and oxygen atoms in total. The van der Waals surface area contributed by atoms with Crippen LogP contribution in [0.1, 0.15) is 40.0 Å². The Labute approximate surface area is 111 Å².